The highest BCUT2D eigenvalue weighted by Crippen LogP contribution is 2.28. The Morgan fingerprint density at radius 2 is 1.48 bits per heavy atom. The molecule has 0 saturated carbocycles. The number of rotatable bonds is 6. The molecule has 1 heterocycles. The first kappa shape index (κ1) is 23.1. The molecule has 6 nitrogen and oxygen atoms in total. The molecule has 0 aromatic heterocycles. The van der Waals surface area contributed by atoms with E-state index in [1.165, 1.54) is 22.5 Å². The van der Waals surface area contributed by atoms with Crippen molar-refractivity contribution in [2.24, 2.45) is 0 Å². The summed E-state index contributed by atoms with van der Waals surface area (Å²) in [5.41, 5.74) is 2.66. The van der Waals surface area contributed by atoms with Crippen molar-refractivity contribution in [1.82, 2.24) is 9.21 Å². The molecule has 1 aliphatic heterocycles. The number of hydrogen-bond donors (Lipinski definition) is 1. The van der Waals surface area contributed by atoms with E-state index >= 15 is 0 Å². The van der Waals surface area contributed by atoms with Gasteiger partial charge in [-0.1, -0.05) is 60.7 Å². The minimum absolute atomic E-state index is 0.163. The molecule has 1 saturated heterocycles. The van der Waals surface area contributed by atoms with Gasteiger partial charge in [0.05, 0.1) is 6.04 Å². The molecule has 1 N–H and O–H groups in total. The summed E-state index contributed by atoms with van der Waals surface area (Å²) in [4.78, 5) is 14.6. The molecule has 3 aromatic rings. The van der Waals surface area contributed by atoms with Crippen LogP contribution in [-0.4, -0.2) is 55.8 Å². The van der Waals surface area contributed by atoms with Crippen molar-refractivity contribution in [3.8, 4) is 11.1 Å². The number of para-hydroxylation sites is 1. The Morgan fingerprint density at radius 3 is 2.18 bits per heavy atom. The van der Waals surface area contributed by atoms with Gasteiger partial charge in [-0.15, -0.1) is 0 Å². The molecule has 0 aliphatic carbocycles. The third-order valence-electron chi connectivity index (χ3n) is 5.92. The van der Waals surface area contributed by atoms with Gasteiger partial charge in [-0.3, -0.25) is 9.69 Å². The lowest BCUT2D eigenvalue weighted by Crippen LogP contribution is -2.54. The number of carbonyl (C=O) groups is 1. The van der Waals surface area contributed by atoms with Crippen LogP contribution in [0.2, 0.25) is 0 Å². The first-order valence-corrected chi connectivity index (χ1v) is 12.3. The van der Waals surface area contributed by atoms with Gasteiger partial charge in [-0.2, -0.15) is 4.31 Å². The largest absolute Gasteiger partial charge is 0.324 e. The second kappa shape index (κ2) is 9.82. The van der Waals surface area contributed by atoms with E-state index in [-0.39, 0.29) is 23.9 Å². The maximum absolute atomic E-state index is 14.0. The number of piperazine rings is 1. The van der Waals surface area contributed by atoms with E-state index in [1.807, 2.05) is 66.4 Å². The summed E-state index contributed by atoms with van der Waals surface area (Å²) in [7, 11) is -3.92. The standard InChI is InChI=1S/C25H26FN3O3S/c1-19(25(30)27-23-13-7-5-11-21(23)20-9-3-2-4-10-20)28-15-17-29(18-16-28)33(31,32)24-14-8-6-12-22(24)26/h2-14,19H,15-18H2,1H3,(H,27,30)/t19-/m0/s1. The lowest BCUT2D eigenvalue weighted by Gasteiger charge is -2.36. The Kier molecular flexibility index (Phi) is 6.88. The Hall–Kier alpha value is -3.07. The first-order valence-electron chi connectivity index (χ1n) is 10.8. The van der Waals surface area contributed by atoms with Crippen molar-refractivity contribution < 1.29 is 17.6 Å². The molecule has 1 amide bonds. The third kappa shape index (κ3) is 4.98. The molecule has 0 radical (unpaired) electrons. The van der Waals surface area contributed by atoms with Crippen molar-refractivity contribution in [3.05, 3.63) is 84.7 Å². The molecule has 33 heavy (non-hydrogen) atoms. The van der Waals surface area contributed by atoms with Gasteiger partial charge in [0.15, 0.2) is 0 Å². The first-order chi connectivity index (χ1) is 15.9. The van der Waals surface area contributed by atoms with Crippen LogP contribution in [0.25, 0.3) is 11.1 Å². The van der Waals surface area contributed by atoms with Crippen molar-refractivity contribution in [1.29, 1.82) is 0 Å². The Bertz CT molecular complexity index is 1230. The lowest BCUT2D eigenvalue weighted by atomic mass is 10.0. The zero-order valence-electron chi connectivity index (χ0n) is 18.3. The quantitative estimate of drug-likeness (QED) is 0.598. The van der Waals surface area contributed by atoms with Gasteiger partial charge in [0.25, 0.3) is 0 Å². The zero-order chi connectivity index (χ0) is 23.4. The van der Waals surface area contributed by atoms with Gasteiger partial charge in [0, 0.05) is 37.4 Å². The Morgan fingerprint density at radius 1 is 0.879 bits per heavy atom. The Balaban J connectivity index is 1.41. The van der Waals surface area contributed by atoms with Crippen molar-refractivity contribution in [3.63, 3.8) is 0 Å². The molecule has 3 aromatic carbocycles. The topological polar surface area (TPSA) is 69.7 Å². The average Bonchev–Trinajstić information content (AvgIpc) is 2.84. The SMILES string of the molecule is C[C@@H](C(=O)Nc1ccccc1-c1ccccc1)N1CCN(S(=O)(=O)c2ccccc2F)CC1. The molecule has 1 fully saturated rings. The molecule has 8 heteroatoms. The van der Waals surface area contributed by atoms with E-state index in [0.717, 1.165) is 22.9 Å². The van der Waals surface area contributed by atoms with Crippen LogP contribution in [0.5, 0.6) is 0 Å². The Labute approximate surface area is 193 Å². The van der Waals surface area contributed by atoms with Crippen molar-refractivity contribution in [2.75, 3.05) is 31.5 Å². The smallest absolute Gasteiger partial charge is 0.246 e. The van der Waals surface area contributed by atoms with Gasteiger partial charge in [-0.25, -0.2) is 12.8 Å². The normalized spacial score (nSPS) is 16.3. The van der Waals surface area contributed by atoms with Gasteiger partial charge in [0.2, 0.25) is 15.9 Å². The third-order valence-corrected chi connectivity index (χ3v) is 7.86. The van der Waals surface area contributed by atoms with Crippen LogP contribution in [-0.2, 0) is 14.8 Å². The number of nitrogens with zero attached hydrogens (tertiary/aromatic N) is 2. The maximum atomic E-state index is 14.0. The number of benzene rings is 3. The zero-order valence-corrected chi connectivity index (χ0v) is 19.1. The number of carbonyl (C=O) groups excluding carboxylic acids is 1. The van der Waals surface area contributed by atoms with E-state index in [1.54, 1.807) is 0 Å². The minimum Gasteiger partial charge on any atom is -0.324 e. The number of sulfonamides is 1. The lowest BCUT2D eigenvalue weighted by molar-refractivity contribution is -0.121. The average molecular weight is 468 g/mol. The second-order valence-corrected chi connectivity index (χ2v) is 9.85. The summed E-state index contributed by atoms with van der Waals surface area (Å²) in [5.74, 6) is -0.923. The van der Waals surface area contributed by atoms with Crippen LogP contribution < -0.4 is 5.32 Å². The van der Waals surface area contributed by atoms with Crippen molar-refractivity contribution >= 4 is 21.6 Å². The summed E-state index contributed by atoms with van der Waals surface area (Å²) in [6.45, 7) is 2.94. The maximum Gasteiger partial charge on any atom is 0.246 e. The molecule has 4 rings (SSSR count). The highest BCUT2D eigenvalue weighted by molar-refractivity contribution is 7.89. The van der Waals surface area contributed by atoms with Crippen LogP contribution in [0.3, 0.4) is 0 Å². The minimum atomic E-state index is -3.92. The summed E-state index contributed by atoms with van der Waals surface area (Å²) in [5, 5.41) is 3.02. The molecule has 0 spiro atoms. The van der Waals surface area contributed by atoms with Gasteiger partial charge >= 0.3 is 0 Å². The van der Waals surface area contributed by atoms with E-state index < -0.39 is 21.9 Å². The predicted molar refractivity (Wildman–Crippen MR) is 127 cm³/mol. The van der Waals surface area contributed by atoms with Gasteiger partial charge < -0.3 is 5.32 Å². The van der Waals surface area contributed by atoms with E-state index in [9.17, 15) is 17.6 Å². The van der Waals surface area contributed by atoms with Gasteiger partial charge in [0.1, 0.15) is 10.7 Å². The van der Waals surface area contributed by atoms with Crippen LogP contribution in [0.15, 0.2) is 83.8 Å². The highest BCUT2D eigenvalue weighted by atomic mass is 32.2. The number of amides is 1. The summed E-state index contributed by atoms with van der Waals surface area (Å²) >= 11 is 0. The molecular formula is C25H26FN3O3S. The molecule has 0 bridgehead atoms. The predicted octanol–water partition coefficient (Wildman–Crippen LogP) is 3.83. The van der Waals surface area contributed by atoms with Crippen LogP contribution >= 0.6 is 0 Å². The fourth-order valence-corrected chi connectivity index (χ4v) is 5.48. The van der Waals surface area contributed by atoms with Crippen molar-refractivity contribution in [2.45, 2.75) is 17.9 Å². The molecule has 1 aliphatic rings. The molecular weight excluding hydrogens is 441 g/mol. The van der Waals surface area contributed by atoms with E-state index in [2.05, 4.69) is 5.32 Å². The summed E-state index contributed by atoms with van der Waals surface area (Å²) in [6, 6.07) is 22.4. The summed E-state index contributed by atoms with van der Waals surface area (Å²) in [6.07, 6.45) is 0. The van der Waals surface area contributed by atoms with Crippen LogP contribution in [0.1, 0.15) is 6.92 Å². The summed E-state index contributed by atoms with van der Waals surface area (Å²) < 4.78 is 41.0. The fraction of sp³-hybridized carbons (Fsp3) is 0.240. The van der Waals surface area contributed by atoms with E-state index in [4.69, 9.17) is 0 Å². The number of halogens is 1. The molecule has 1 atom stereocenters. The van der Waals surface area contributed by atoms with E-state index in [0.29, 0.717) is 13.1 Å². The fourth-order valence-electron chi connectivity index (χ4n) is 3.99. The number of nitrogens with one attached hydrogen (secondary N) is 1. The monoisotopic (exact) mass is 467 g/mol. The number of anilines is 1. The van der Waals surface area contributed by atoms with Crippen LogP contribution in [0.4, 0.5) is 10.1 Å². The van der Waals surface area contributed by atoms with Crippen LogP contribution in [0, 0.1) is 5.82 Å². The molecule has 172 valence electrons. The second-order valence-electron chi connectivity index (χ2n) is 7.95. The molecule has 0 unspecified atom stereocenters. The van der Waals surface area contributed by atoms with Gasteiger partial charge in [-0.05, 0) is 30.7 Å². The number of hydrogen-bond acceptors (Lipinski definition) is 4. The highest BCUT2D eigenvalue weighted by Gasteiger charge is 2.33.